The molecule has 0 fully saturated rings. The van der Waals surface area contributed by atoms with Gasteiger partial charge in [-0.2, -0.15) is 0 Å². The summed E-state index contributed by atoms with van der Waals surface area (Å²) in [4.78, 5) is 13.8. The van der Waals surface area contributed by atoms with Crippen molar-refractivity contribution in [2.24, 2.45) is 0 Å². The highest BCUT2D eigenvalue weighted by Gasteiger charge is 2.28. The van der Waals surface area contributed by atoms with Crippen LogP contribution in [0, 0.1) is 20.8 Å². The maximum atomic E-state index is 12.6. The van der Waals surface area contributed by atoms with Crippen molar-refractivity contribution < 1.29 is 4.79 Å². The van der Waals surface area contributed by atoms with Crippen LogP contribution < -0.4 is 5.32 Å². The summed E-state index contributed by atoms with van der Waals surface area (Å²) in [5.74, 6) is 0.0210. The van der Waals surface area contributed by atoms with Gasteiger partial charge in [-0.15, -0.1) is 11.8 Å². The number of hydrogen-bond acceptors (Lipinski definition) is 2. The molecule has 1 amide bonds. The Bertz CT molecular complexity index is 734. The van der Waals surface area contributed by atoms with E-state index in [-0.39, 0.29) is 11.2 Å². The Labute approximate surface area is 140 Å². The number of anilines is 1. The van der Waals surface area contributed by atoms with Gasteiger partial charge in [0.2, 0.25) is 5.91 Å². The Morgan fingerprint density at radius 3 is 2.68 bits per heavy atom. The molecule has 0 saturated heterocycles. The minimum atomic E-state index is -0.0893. The Morgan fingerprint density at radius 1 is 1.18 bits per heavy atom. The van der Waals surface area contributed by atoms with Crippen molar-refractivity contribution in [3.63, 3.8) is 0 Å². The summed E-state index contributed by atoms with van der Waals surface area (Å²) in [6.45, 7) is 6.04. The Hall–Kier alpha value is -1.45. The molecular formula is C18H18ClNOS. The molecule has 0 aromatic heterocycles. The summed E-state index contributed by atoms with van der Waals surface area (Å²) in [6.07, 6.45) is 0.772. The van der Waals surface area contributed by atoms with Crippen LogP contribution in [0.1, 0.15) is 22.3 Å². The standard InChI is InChI=1S/C18H18ClNOS/c1-10-4-5-13-9-16(22-15(13)8-10)18(21)20-17-12(3)6-11(2)7-14(17)19/h4-8,16H,9H2,1-3H3,(H,20,21)/t16-/m1/s1. The minimum absolute atomic E-state index is 0.0210. The predicted molar refractivity (Wildman–Crippen MR) is 94.1 cm³/mol. The minimum Gasteiger partial charge on any atom is -0.324 e. The lowest BCUT2D eigenvalue weighted by molar-refractivity contribution is -0.115. The van der Waals surface area contributed by atoms with E-state index in [4.69, 9.17) is 11.6 Å². The van der Waals surface area contributed by atoms with Crippen LogP contribution in [0.4, 0.5) is 5.69 Å². The zero-order valence-electron chi connectivity index (χ0n) is 12.9. The molecule has 1 N–H and O–H groups in total. The molecule has 0 saturated carbocycles. The number of amides is 1. The lowest BCUT2D eigenvalue weighted by atomic mass is 10.1. The fourth-order valence-corrected chi connectivity index (χ4v) is 4.42. The second-order valence-electron chi connectivity index (χ2n) is 5.85. The van der Waals surface area contributed by atoms with Gasteiger partial charge in [-0.1, -0.05) is 35.4 Å². The number of benzene rings is 2. The van der Waals surface area contributed by atoms with E-state index in [1.807, 2.05) is 26.0 Å². The van der Waals surface area contributed by atoms with Crippen LogP contribution in [-0.4, -0.2) is 11.2 Å². The molecule has 1 heterocycles. The molecule has 1 aliphatic rings. The number of halogens is 1. The van der Waals surface area contributed by atoms with E-state index in [0.717, 1.165) is 23.2 Å². The monoisotopic (exact) mass is 331 g/mol. The summed E-state index contributed by atoms with van der Waals surface area (Å²) in [5.41, 5.74) is 5.30. The van der Waals surface area contributed by atoms with Crippen molar-refractivity contribution in [1.82, 2.24) is 0 Å². The molecule has 1 atom stereocenters. The molecule has 0 spiro atoms. The number of thioether (sulfide) groups is 1. The van der Waals surface area contributed by atoms with E-state index in [2.05, 4.69) is 30.4 Å². The van der Waals surface area contributed by atoms with Crippen LogP contribution in [0.15, 0.2) is 35.2 Å². The van der Waals surface area contributed by atoms with Crippen LogP contribution in [-0.2, 0) is 11.2 Å². The average molecular weight is 332 g/mol. The topological polar surface area (TPSA) is 29.1 Å². The first-order valence-corrected chi connectivity index (χ1v) is 8.53. The lowest BCUT2D eigenvalue weighted by Gasteiger charge is -2.14. The highest BCUT2D eigenvalue weighted by Crippen LogP contribution is 2.38. The SMILES string of the molecule is Cc1cc(C)c(NC(=O)[C@H]2Cc3ccc(C)cc3S2)c(Cl)c1. The third-order valence-electron chi connectivity index (χ3n) is 3.87. The molecule has 2 aromatic rings. The molecule has 1 aliphatic heterocycles. The fourth-order valence-electron chi connectivity index (χ4n) is 2.76. The smallest absolute Gasteiger partial charge is 0.238 e. The van der Waals surface area contributed by atoms with Crippen LogP contribution in [0.5, 0.6) is 0 Å². The van der Waals surface area contributed by atoms with E-state index in [9.17, 15) is 4.79 Å². The number of fused-ring (bicyclic) bond motifs is 1. The second kappa shape index (κ2) is 5.98. The van der Waals surface area contributed by atoms with E-state index < -0.39 is 0 Å². The van der Waals surface area contributed by atoms with Crippen molar-refractivity contribution in [3.8, 4) is 0 Å². The van der Waals surface area contributed by atoms with E-state index in [1.165, 1.54) is 16.0 Å². The maximum absolute atomic E-state index is 12.6. The molecule has 0 unspecified atom stereocenters. The van der Waals surface area contributed by atoms with Gasteiger partial charge in [0, 0.05) is 4.90 Å². The van der Waals surface area contributed by atoms with Crippen molar-refractivity contribution in [3.05, 3.63) is 57.6 Å². The Kier molecular flexibility index (Phi) is 4.20. The number of hydrogen-bond donors (Lipinski definition) is 1. The van der Waals surface area contributed by atoms with Gasteiger partial charge in [0.1, 0.15) is 0 Å². The number of carbonyl (C=O) groups excluding carboxylic acids is 1. The number of rotatable bonds is 2. The van der Waals surface area contributed by atoms with Gasteiger partial charge in [0.15, 0.2) is 0 Å². The van der Waals surface area contributed by atoms with Crippen LogP contribution >= 0.6 is 23.4 Å². The Morgan fingerprint density at radius 2 is 1.95 bits per heavy atom. The summed E-state index contributed by atoms with van der Waals surface area (Å²) >= 11 is 7.91. The van der Waals surface area contributed by atoms with Crippen LogP contribution in [0.25, 0.3) is 0 Å². The molecule has 0 bridgehead atoms. The maximum Gasteiger partial charge on any atom is 0.238 e. The van der Waals surface area contributed by atoms with Crippen molar-refractivity contribution in [2.45, 2.75) is 37.3 Å². The molecule has 0 radical (unpaired) electrons. The molecule has 0 aliphatic carbocycles. The molecule has 4 heteroatoms. The van der Waals surface area contributed by atoms with Crippen molar-refractivity contribution in [1.29, 1.82) is 0 Å². The molecule has 2 nitrogen and oxygen atoms in total. The van der Waals surface area contributed by atoms with Crippen LogP contribution in [0.2, 0.25) is 5.02 Å². The summed E-state index contributed by atoms with van der Waals surface area (Å²) in [6, 6.07) is 10.3. The van der Waals surface area contributed by atoms with Crippen molar-refractivity contribution >= 4 is 35.0 Å². The summed E-state index contributed by atoms with van der Waals surface area (Å²) < 4.78 is 0. The third kappa shape index (κ3) is 3.01. The first-order valence-electron chi connectivity index (χ1n) is 7.28. The average Bonchev–Trinajstić information content (AvgIpc) is 2.85. The van der Waals surface area contributed by atoms with E-state index in [0.29, 0.717) is 5.02 Å². The first-order chi connectivity index (χ1) is 10.4. The highest BCUT2D eigenvalue weighted by atomic mass is 35.5. The van der Waals surface area contributed by atoms with Gasteiger partial charge in [0.05, 0.1) is 16.0 Å². The third-order valence-corrected chi connectivity index (χ3v) is 5.47. The first kappa shape index (κ1) is 15.4. The summed E-state index contributed by atoms with van der Waals surface area (Å²) in [5, 5.41) is 3.52. The lowest BCUT2D eigenvalue weighted by Crippen LogP contribution is -2.25. The van der Waals surface area contributed by atoms with Crippen molar-refractivity contribution in [2.75, 3.05) is 5.32 Å². The van der Waals surface area contributed by atoms with E-state index in [1.54, 1.807) is 11.8 Å². The highest BCUT2D eigenvalue weighted by molar-refractivity contribution is 8.01. The quantitative estimate of drug-likeness (QED) is 0.846. The van der Waals surface area contributed by atoms with Gasteiger partial charge in [-0.05, 0) is 56.0 Å². The Balaban J connectivity index is 1.77. The normalized spacial score (nSPS) is 16.5. The largest absolute Gasteiger partial charge is 0.324 e. The molecular weight excluding hydrogens is 314 g/mol. The zero-order valence-corrected chi connectivity index (χ0v) is 14.4. The van der Waals surface area contributed by atoms with Gasteiger partial charge >= 0.3 is 0 Å². The number of carbonyl (C=O) groups is 1. The summed E-state index contributed by atoms with van der Waals surface area (Å²) in [7, 11) is 0. The van der Waals surface area contributed by atoms with Gasteiger partial charge in [0.25, 0.3) is 0 Å². The van der Waals surface area contributed by atoms with Gasteiger partial charge < -0.3 is 5.32 Å². The van der Waals surface area contributed by atoms with Gasteiger partial charge in [-0.3, -0.25) is 4.79 Å². The van der Waals surface area contributed by atoms with E-state index >= 15 is 0 Å². The number of aryl methyl sites for hydroxylation is 3. The second-order valence-corrected chi connectivity index (χ2v) is 7.50. The molecule has 114 valence electrons. The van der Waals surface area contributed by atoms with Gasteiger partial charge in [-0.25, -0.2) is 0 Å². The predicted octanol–water partition coefficient (Wildman–Crippen LogP) is 4.92. The number of nitrogens with one attached hydrogen (secondary N) is 1. The van der Waals surface area contributed by atoms with Crippen LogP contribution in [0.3, 0.4) is 0 Å². The molecule has 3 rings (SSSR count). The molecule has 2 aromatic carbocycles. The molecule has 22 heavy (non-hydrogen) atoms. The fraction of sp³-hybridized carbons (Fsp3) is 0.278. The zero-order chi connectivity index (χ0) is 15.9.